The van der Waals surface area contributed by atoms with E-state index in [0.717, 1.165) is 32.1 Å². The van der Waals surface area contributed by atoms with Crippen LogP contribution in [0.25, 0.3) is 0 Å². The van der Waals surface area contributed by atoms with Crippen molar-refractivity contribution in [2.24, 2.45) is 0 Å². The van der Waals surface area contributed by atoms with Gasteiger partial charge in [0, 0.05) is 12.8 Å². The number of carbonyl (C=O) groups excluding carboxylic acids is 3. The maximum absolute atomic E-state index is 11.2. The first kappa shape index (κ1) is 33.0. The van der Waals surface area contributed by atoms with Crippen LogP contribution in [0, 0.1) is 0 Å². The zero-order chi connectivity index (χ0) is 25.2. The summed E-state index contributed by atoms with van der Waals surface area (Å²) in [6.45, 7) is 3.83. The molecule has 2 amide bonds. The van der Waals surface area contributed by atoms with E-state index in [1.54, 1.807) is 0 Å². The Morgan fingerprint density at radius 1 is 0.606 bits per heavy atom. The second-order valence-corrected chi connectivity index (χ2v) is 8.15. The lowest BCUT2D eigenvalue weighted by Gasteiger charge is -2.03. The molecule has 0 aromatic carbocycles. The van der Waals surface area contributed by atoms with Gasteiger partial charge < -0.3 is 15.7 Å². The Hall–Kier alpha value is -2.16. The lowest BCUT2D eigenvalue weighted by Crippen LogP contribution is -2.29. The van der Waals surface area contributed by atoms with E-state index in [2.05, 4.69) is 29.4 Å². The molecule has 194 valence electrons. The van der Waals surface area contributed by atoms with E-state index >= 15 is 0 Å². The van der Waals surface area contributed by atoms with Gasteiger partial charge in [-0.1, -0.05) is 90.9 Å². The van der Waals surface area contributed by atoms with Gasteiger partial charge in [-0.05, 0) is 12.8 Å². The summed E-state index contributed by atoms with van der Waals surface area (Å²) < 4.78 is 0. The fraction of sp³-hybridized carbons (Fsp3) is 0.833. The van der Waals surface area contributed by atoms with Crippen LogP contribution in [0.3, 0.4) is 0 Å². The number of carbonyl (C=O) groups is 4. The van der Waals surface area contributed by atoms with Crippen LogP contribution >= 0.6 is 0 Å². The monoisotopic (exact) mass is 474 g/mol. The first-order valence-corrected chi connectivity index (χ1v) is 12.5. The number of carboxylic acids is 1. The molecule has 0 aliphatic rings. The third-order valence-corrected chi connectivity index (χ3v) is 4.98. The summed E-state index contributed by atoms with van der Waals surface area (Å²) in [7, 11) is 0. The SMILES string of the molecule is CCCCCCCCCC(=O)NCC(=O)O.CCCCCCCCCC(=O)NCC(=O)OO. The maximum Gasteiger partial charge on any atom is 0.360 e. The topological polar surface area (TPSA) is 142 Å². The molecule has 0 saturated heterocycles. The minimum absolute atomic E-state index is 0.157. The van der Waals surface area contributed by atoms with Crippen LogP contribution in [-0.2, 0) is 24.1 Å². The second kappa shape index (κ2) is 26.1. The van der Waals surface area contributed by atoms with Crippen molar-refractivity contribution in [1.29, 1.82) is 0 Å². The van der Waals surface area contributed by atoms with Gasteiger partial charge >= 0.3 is 11.9 Å². The summed E-state index contributed by atoms with van der Waals surface area (Å²) in [5, 5.41) is 21.0. The van der Waals surface area contributed by atoms with E-state index in [1.807, 2.05) is 0 Å². The Bertz CT molecular complexity index is 513. The summed E-state index contributed by atoms with van der Waals surface area (Å²) in [4.78, 5) is 46.4. The van der Waals surface area contributed by atoms with Gasteiger partial charge in [0.2, 0.25) is 11.8 Å². The van der Waals surface area contributed by atoms with Crippen molar-refractivity contribution in [2.45, 2.75) is 117 Å². The minimum Gasteiger partial charge on any atom is -0.480 e. The van der Waals surface area contributed by atoms with Crippen LogP contribution in [0.5, 0.6) is 0 Å². The quantitative estimate of drug-likeness (QED) is 0.115. The molecule has 0 unspecified atom stereocenters. The molecule has 0 heterocycles. The highest BCUT2D eigenvalue weighted by atomic mass is 17.1. The van der Waals surface area contributed by atoms with E-state index in [0.29, 0.717) is 12.8 Å². The third kappa shape index (κ3) is 29.8. The number of unbranched alkanes of at least 4 members (excludes halogenated alkanes) is 12. The second-order valence-electron chi connectivity index (χ2n) is 8.15. The molecule has 9 nitrogen and oxygen atoms in total. The number of hydrogen-bond acceptors (Lipinski definition) is 6. The fourth-order valence-corrected chi connectivity index (χ4v) is 3.04. The Morgan fingerprint density at radius 2 is 0.970 bits per heavy atom. The van der Waals surface area contributed by atoms with Crippen LogP contribution in [0.15, 0.2) is 0 Å². The van der Waals surface area contributed by atoms with Crippen molar-refractivity contribution in [3.05, 3.63) is 0 Å². The van der Waals surface area contributed by atoms with Gasteiger partial charge in [0.15, 0.2) is 0 Å². The predicted molar refractivity (Wildman–Crippen MR) is 128 cm³/mol. The predicted octanol–water partition coefficient (Wildman–Crippen LogP) is 4.59. The average Bonchev–Trinajstić information content (AvgIpc) is 2.80. The van der Waals surface area contributed by atoms with Gasteiger partial charge in [-0.25, -0.2) is 4.79 Å². The number of carboxylic acid groups (broad SMARTS) is 1. The lowest BCUT2D eigenvalue weighted by atomic mass is 10.1. The molecule has 33 heavy (non-hydrogen) atoms. The van der Waals surface area contributed by atoms with Gasteiger partial charge in [0.05, 0.1) is 0 Å². The van der Waals surface area contributed by atoms with E-state index < -0.39 is 11.9 Å². The van der Waals surface area contributed by atoms with E-state index in [-0.39, 0.29) is 24.9 Å². The van der Waals surface area contributed by atoms with Crippen molar-refractivity contribution in [1.82, 2.24) is 10.6 Å². The zero-order valence-corrected chi connectivity index (χ0v) is 20.7. The summed E-state index contributed by atoms with van der Waals surface area (Å²) >= 11 is 0. The van der Waals surface area contributed by atoms with Gasteiger partial charge in [-0.3, -0.25) is 19.3 Å². The van der Waals surface area contributed by atoms with Gasteiger partial charge in [0.25, 0.3) is 0 Å². The molecule has 0 spiro atoms. The number of hydrogen-bond donors (Lipinski definition) is 4. The third-order valence-electron chi connectivity index (χ3n) is 4.98. The van der Waals surface area contributed by atoms with Crippen LogP contribution < -0.4 is 10.6 Å². The molecule has 0 atom stereocenters. The Balaban J connectivity index is 0. The Labute approximate surface area is 199 Å². The average molecular weight is 475 g/mol. The smallest absolute Gasteiger partial charge is 0.360 e. The Kier molecular flexibility index (Phi) is 26.1. The largest absolute Gasteiger partial charge is 0.480 e. The van der Waals surface area contributed by atoms with Crippen molar-refractivity contribution < 1.29 is 34.4 Å². The Morgan fingerprint density at radius 3 is 1.33 bits per heavy atom. The molecule has 0 fully saturated rings. The molecule has 0 rings (SSSR count). The number of rotatable bonds is 20. The minimum atomic E-state index is -0.993. The molecule has 0 aliphatic heterocycles. The first-order valence-electron chi connectivity index (χ1n) is 12.5. The molecular weight excluding hydrogens is 428 g/mol. The highest BCUT2D eigenvalue weighted by Gasteiger charge is 2.05. The number of aliphatic carboxylic acids is 1. The van der Waals surface area contributed by atoms with Crippen LogP contribution in [-0.4, -0.2) is 47.2 Å². The molecule has 0 saturated carbocycles. The molecule has 0 radical (unpaired) electrons. The van der Waals surface area contributed by atoms with Crippen LogP contribution in [0.4, 0.5) is 0 Å². The normalized spacial score (nSPS) is 10.0. The summed E-state index contributed by atoms with van der Waals surface area (Å²) in [5.74, 6) is -2.18. The molecule has 0 aromatic rings. The molecule has 9 heteroatoms. The summed E-state index contributed by atoms with van der Waals surface area (Å²) in [6, 6.07) is 0. The van der Waals surface area contributed by atoms with Crippen LogP contribution in [0.2, 0.25) is 0 Å². The summed E-state index contributed by atoms with van der Waals surface area (Å²) in [6.07, 6.45) is 17.1. The van der Waals surface area contributed by atoms with Gasteiger partial charge in [-0.2, -0.15) is 5.26 Å². The number of amides is 2. The lowest BCUT2D eigenvalue weighted by molar-refractivity contribution is -0.233. The molecule has 0 aliphatic carbocycles. The standard InChI is InChI=1S/C12H23NO4.C12H23NO3/c1-2-3-4-5-6-7-8-9-11(14)13-10-12(15)17-16;1-2-3-4-5-6-7-8-9-11(14)13-10-12(15)16/h16H,2-10H2,1H3,(H,13,14);2-10H2,1H3,(H,13,14)(H,15,16). The van der Waals surface area contributed by atoms with E-state index in [9.17, 15) is 19.2 Å². The van der Waals surface area contributed by atoms with Crippen molar-refractivity contribution in [2.75, 3.05) is 13.1 Å². The van der Waals surface area contributed by atoms with Gasteiger partial charge in [0.1, 0.15) is 13.1 Å². The van der Waals surface area contributed by atoms with Crippen molar-refractivity contribution in [3.63, 3.8) is 0 Å². The van der Waals surface area contributed by atoms with E-state index in [1.165, 1.54) is 57.8 Å². The molecule has 4 N–H and O–H groups in total. The fourth-order valence-electron chi connectivity index (χ4n) is 3.04. The zero-order valence-electron chi connectivity index (χ0n) is 20.7. The highest BCUT2D eigenvalue weighted by Crippen LogP contribution is 2.09. The van der Waals surface area contributed by atoms with E-state index in [4.69, 9.17) is 10.4 Å². The first-order chi connectivity index (χ1) is 15.9. The molecular formula is C24H46N2O7. The molecule has 0 aromatic heterocycles. The molecule has 0 bridgehead atoms. The summed E-state index contributed by atoms with van der Waals surface area (Å²) in [5.41, 5.74) is 0. The number of nitrogens with one attached hydrogen (secondary N) is 2. The van der Waals surface area contributed by atoms with Crippen LogP contribution in [0.1, 0.15) is 117 Å². The maximum atomic E-state index is 11.2. The van der Waals surface area contributed by atoms with Crippen molar-refractivity contribution in [3.8, 4) is 0 Å². The van der Waals surface area contributed by atoms with Gasteiger partial charge in [-0.15, -0.1) is 0 Å². The highest BCUT2D eigenvalue weighted by molar-refractivity contribution is 5.81. The van der Waals surface area contributed by atoms with Crippen molar-refractivity contribution >= 4 is 23.8 Å².